The Hall–Kier alpha value is -3.56. The van der Waals surface area contributed by atoms with Crippen LogP contribution in [0, 0.1) is 28.4 Å². The summed E-state index contributed by atoms with van der Waals surface area (Å²) in [6.07, 6.45) is 1.41. The van der Waals surface area contributed by atoms with Crippen LogP contribution < -0.4 is 0 Å². The number of hydrogen-bond donors (Lipinski definition) is 2. The van der Waals surface area contributed by atoms with Gasteiger partial charge in [-0.15, -0.1) is 12.6 Å². The Morgan fingerprint density at radius 3 is 2.13 bits per heavy atom. The maximum absolute atomic E-state index is 14.3. The number of nitrogens with zero attached hydrogens (tertiary/aromatic N) is 3. The van der Waals surface area contributed by atoms with E-state index in [4.69, 9.17) is 4.52 Å². The van der Waals surface area contributed by atoms with Crippen molar-refractivity contribution >= 4 is 18.6 Å². The molecule has 0 saturated carbocycles. The lowest BCUT2D eigenvalue weighted by molar-refractivity contribution is -0.152. The van der Waals surface area contributed by atoms with E-state index < -0.39 is 23.0 Å². The smallest absolute Gasteiger partial charge is 0.310 e. The molecule has 1 fully saturated rings. The van der Waals surface area contributed by atoms with Crippen LogP contribution in [0.25, 0.3) is 22.8 Å². The van der Waals surface area contributed by atoms with Crippen LogP contribution in [0.4, 0.5) is 8.78 Å². The molecule has 0 unspecified atom stereocenters. The first-order chi connectivity index (χ1) is 21.6. The molecule has 0 spiro atoms. The summed E-state index contributed by atoms with van der Waals surface area (Å²) in [5.41, 5.74) is 3.03. The van der Waals surface area contributed by atoms with Crippen molar-refractivity contribution in [1.82, 2.24) is 15.0 Å². The van der Waals surface area contributed by atoms with Crippen LogP contribution in [-0.2, 0) is 24.2 Å². The minimum atomic E-state index is -1.19. The summed E-state index contributed by atoms with van der Waals surface area (Å²) in [7, 11) is 0. The number of aliphatic carboxylic acids is 1. The summed E-state index contributed by atoms with van der Waals surface area (Å²) in [6, 6.07) is 17.5. The first-order valence-corrected chi connectivity index (χ1v) is 16.2. The van der Waals surface area contributed by atoms with Gasteiger partial charge in [-0.2, -0.15) is 4.98 Å². The number of benzene rings is 3. The molecule has 0 amide bonds. The van der Waals surface area contributed by atoms with Crippen LogP contribution >= 0.6 is 12.6 Å². The van der Waals surface area contributed by atoms with E-state index in [0.717, 1.165) is 28.0 Å². The van der Waals surface area contributed by atoms with Gasteiger partial charge < -0.3 is 9.63 Å². The maximum atomic E-state index is 14.3. The number of carboxylic acid groups (broad SMARTS) is 1. The van der Waals surface area contributed by atoms with Crippen LogP contribution in [0.3, 0.4) is 0 Å². The number of thiol groups is 1. The van der Waals surface area contributed by atoms with Gasteiger partial charge in [-0.3, -0.25) is 9.69 Å². The number of halogens is 2. The van der Waals surface area contributed by atoms with Gasteiger partial charge in [-0.1, -0.05) is 83.1 Å². The van der Waals surface area contributed by atoms with Gasteiger partial charge in [0.05, 0.1) is 5.41 Å². The van der Waals surface area contributed by atoms with Crippen LogP contribution in [0.5, 0.6) is 0 Å². The van der Waals surface area contributed by atoms with E-state index in [-0.39, 0.29) is 12.0 Å². The fourth-order valence-corrected chi connectivity index (χ4v) is 5.73. The zero-order chi connectivity index (χ0) is 33.6. The highest BCUT2D eigenvalue weighted by Crippen LogP contribution is 2.37. The van der Waals surface area contributed by atoms with E-state index in [1.54, 1.807) is 0 Å². The lowest BCUT2D eigenvalue weighted by atomic mass is 9.73. The molecule has 1 aliphatic heterocycles. The number of piperidine rings is 1. The summed E-state index contributed by atoms with van der Waals surface area (Å²) in [5.74, 6) is -0.958. The molecular weight excluding hydrogens is 604 g/mol. The summed E-state index contributed by atoms with van der Waals surface area (Å²) in [5, 5.41) is 14.1. The Kier molecular flexibility index (Phi) is 11.4. The van der Waals surface area contributed by atoms with Gasteiger partial charge >= 0.3 is 5.97 Å². The molecule has 0 atom stereocenters. The van der Waals surface area contributed by atoms with Crippen molar-refractivity contribution in [3.63, 3.8) is 0 Å². The summed E-state index contributed by atoms with van der Waals surface area (Å²) < 4.78 is 34.0. The molecule has 0 aliphatic carbocycles. The summed E-state index contributed by atoms with van der Waals surface area (Å²) >= 11 is 4.63. The third-order valence-electron chi connectivity index (χ3n) is 7.85. The van der Waals surface area contributed by atoms with Crippen LogP contribution in [0.15, 0.2) is 70.1 Å². The lowest BCUT2D eigenvalue weighted by Crippen LogP contribution is -2.45. The molecule has 1 N–H and O–H groups in total. The van der Waals surface area contributed by atoms with Gasteiger partial charge in [0.15, 0.2) is 0 Å². The quantitative estimate of drug-likeness (QED) is 0.176. The molecule has 6 nitrogen and oxygen atoms in total. The van der Waals surface area contributed by atoms with Crippen molar-refractivity contribution in [3.05, 3.63) is 89.0 Å². The van der Waals surface area contributed by atoms with Gasteiger partial charge in [0.1, 0.15) is 11.6 Å². The zero-order valence-electron chi connectivity index (χ0n) is 27.6. The summed E-state index contributed by atoms with van der Waals surface area (Å²) in [4.78, 5) is 19.9. The second-order valence-electron chi connectivity index (χ2n) is 14.3. The Labute approximate surface area is 276 Å². The van der Waals surface area contributed by atoms with Crippen LogP contribution in [0.1, 0.15) is 71.1 Å². The minimum absolute atomic E-state index is 0.155. The molecule has 1 saturated heterocycles. The monoisotopic (exact) mass is 649 g/mol. The molecule has 2 heterocycles. The van der Waals surface area contributed by atoms with Gasteiger partial charge in [-0.05, 0) is 85.5 Å². The highest BCUT2D eigenvalue weighted by Gasteiger charge is 2.42. The van der Waals surface area contributed by atoms with Gasteiger partial charge in [0, 0.05) is 28.1 Å². The molecule has 0 bridgehead atoms. The predicted octanol–water partition coefficient (Wildman–Crippen LogP) is 9.13. The molecule has 4 aromatic rings. The van der Waals surface area contributed by atoms with Gasteiger partial charge in [0.25, 0.3) is 5.89 Å². The zero-order valence-corrected chi connectivity index (χ0v) is 28.5. The molecule has 9 heteroatoms. The lowest BCUT2D eigenvalue weighted by Gasteiger charge is -2.39. The Balaban J connectivity index is 0.000000892. The molecule has 5 rings (SSSR count). The first kappa shape index (κ1) is 35.3. The molecule has 46 heavy (non-hydrogen) atoms. The highest BCUT2D eigenvalue weighted by atomic mass is 32.1. The predicted molar refractivity (Wildman–Crippen MR) is 181 cm³/mol. The van der Waals surface area contributed by atoms with Crippen LogP contribution in [-0.4, -0.2) is 39.2 Å². The van der Waals surface area contributed by atoms with Crippen molar-refractivity contribution in [2.45, 2.75) is 78.7 Å². The van der Waals surface area contributed by atoms with E-state index >= 15 is 0 Å². The summed E-state index contributed by atoms with van der Waals surface area (Å²) in [6.45, 7) is 14.8. The normalized spacial score (nSPS) is 15.0. The third kappa shape index (κ3) is 9.48. The van der Waals surface area contributed by atoms with Gasteiger partial charge in [0.2, 0.25) is 5.82 Å². The fraction of sp³-hybridized carbons (Fsp3) is 0.432. The molecule has 0 radical (unpaired) electrons. The second kappa shape index (κ2) is 14.9. The fourth-order valence-electron chi connectivity index (χ4n) is 5.43. The Morgan fingerprint density at radius 1 is 1.00 bits per heavy atom. The maximum Gasteiger partial charge on any atom is 0.310 e. The average Bonchev–Trinajstić information content (AvgIpc) is 3.47. The number of aromatic nitrogens is 2. The van der Waals surface area contributed by atoms with E-state index in [9.17, 15) is 18.7 Å². The molecule has 1 aliphatic rings. The minimum Gasteiger partial charge on any atom is -0.481 e. The Bertz CT molecular complexity index is 1600. The number of likely N-dealkylation sites (tertiary alicyclic amines) is 1. The van der Waals surface area contributed by atoms with E-state index in [1.807, 2.05) is 36.4 Å². The largest absolute Gasteiger partial charge is 0.481 e. The molecule has 246 valence electrons. The number of carboxylic acids is 1. The van der Waals surface area contributed by atoms with Gasteiger partial charge in [-0.25, -0.2) is 8.78 Å². The standard InChI is InChI=1S/C32H33F2N3O3S.C5H12/c1-20(2)16-23-10-11-24(17-28(23)41)30-35-29(36-40-30)22-8-6-21(7-9-22)19-37-14-12-32(13-15-37,31(38)39)18-25-26(33)4-3-5-27(25)34;1-5(2,3)4/h3-11,17,20,41H,12-16,18-19H2,1-2H3,(H,38,39);1-4H3. The number of hydrogen-bond acceptors (Lipinski definition) is 6. The highest BCUT2D eigenvalue weighted by molar-refractivity contribution is 7.80. The van der Waals surface area contributed by atoms with Crippen LogP contribution in [0.2, 0.25) is 0 Å². The SMILES string of the molecule is CC(C)(C)C.CC(C)Cc1ccc(-c2nc(-c3ccc(CN4CCC(Cc5c(F)cccc5F)(C(=O)O)CC4)cc3)no2)cc1S. The van der Waals surface area contributed by atoms with Crippen molar-refractivity contribution in [1.29, 1.82) is 0 Å². The van der Waals surface area contributed by atoms with Crippen molar-refractivity contribution in [2.75, 3.05) is 13.1 Å². The van der Waals surface area contributed by atoms with Crippen molar-refractivity contribution in [2.24, 2.45) is 16.7 Å². The number of rotatable bonds is 9. The topological polar surface area (TPSA) is 79.5 Å². The molecule has 3 aromatic carbocycles. The Morgan fingerprint density at radius 2 is 1.59 bits per heavy atom. The number of carbonyl (C=O) groups is 1. The second-order valence-corrected chi connectivity index (χ2v) is 14.8. The van der Waals surface area contributed by atoms with E-state index in [2.05, 4.69) is 75.3 Å². The molecular formula is C37H45F2N3O3S. The first-order valence-electron chi connectivity index (χ1n) is 15.8. The third-order valence-corrected chi connectivity index (χ3v) is 8.26. The van der Waals surface area contributed by atoms with E-state index in [0.29, 0.717) is 55.5 Å². The van der Waals surface area contributed by atoms with Crippen molar-refractivity contribution < 1.29 is 23.2 Å². The molecule has 1 aromatic heterocycles. The van der Waals surface area contributed by atoms with E-state index in [1.165, 1.54) is 23.8 Å². The van der Waals surface area contributed by atoms with Crippen molar-refractivity contribution in [3.8, 4) is 22.8 Å². The average molecular weight is 650 g/mol.